The second-order valence-corrected chi connectivity index (χ2v) is 8.38. The Morgan fingerprint density at radius 1 is 1.26 bits per heavy atom. The molecule has 0 amide bonds. The van der Waals surface area contributed by atoms with E-state index in [2.05, 4.69) is 14.9 Å². The maximum absolute atomic E-state index is 13.3. The van der Waals surface area contributed by atoms with Gasteiger partial charge in [0.1, 0.15) is 11.6 Å². The van der Waals surface area contributed by atoms with E-state index in [1.165, 1.54) is 19.1 Å². The number of hydrogen-bond acceptors (Lipinski definition) is 5. The van der Waals surface area contributed by atoms with Crippen molar-refractivity contribution >= 4 is 15.7 Å². The third kappa shape index (κ3) is 3.37. The van der Waals surface area contributed by atoms with E-state index in [-0.39, 0.29) is 40.7 Å². The Kier molecular flexibility index (Phi) is 4.31. The van der Waals surface area contributed by atoms with Gasteiger partial charge in [-0.1, -0.05) is 0 Å². The maximum atomic E-state index is 13.3. The number of nitrogens with zero attached hydrogens (tertiary/aromatic N) is 4. The van der Waals surface area contributed by atoms with Gasteiger partial charge in [-0.3, -0.25) is 9.20 Å². The zero-order valence-corrected chi connectivity index (χ0v) is 15.4. The molecule has 1 aromatic carbocycles. The highest BCUT2D eigenvalue weighted by atomic mass is 32.2. The van der Waals surface area contributed by atoms with Crippen LogP contribution in [0.25, 0.3) is 5.65 Å². The van der Waals surface area contributed by atoms with Crippen molar-refractivity contribution in [2.75, 3.05) is 6.54 Å². The topological polar surface area (TPSA) is 98.4 Å². The molecule has 1 fully saturated rings. The number of fused-ring (bicyclic) bond motifs is 1. The van der Waals surface area contributed by atoms with E-state index in [1.807, 2.05) is 0 Å². The summed E-state index contributed by atoms with van der Waals surface area (Å²) in [6.45, 7) is 1.58. The quantitative estimate of drug-likeness (QED) is 0.681. The van der Waals surface area contributed by atoms with E-state index in [0.29, 0.717) is 5.82 Å². The molecule has 0 bridgehead atoms. The fraction of sp³-hybridized carbons (Fsp3) is 0.353. The monoisotopic (exact) mass is 391 g/mol. The van der Waals surface area contributed by atoms with Crippen LogP contribution in [0.5, 0.6) is 0 Å². The minimum absolute atomic E-state index is 0.000166. The van der Waals surface area contributed by atoms with Crippen LogP contribution in [-0.2, 0) is 16.4 Å². The van der Waals surface area contributed by atoms with Crippen LogP contribution in [0.1, 0.15) is 30.3 Å². The molecule has 27 heavy (non-hydrogen) atoms. The first-order chi connectivity index (χ1) is 12.9. The van der Waals surface area contributed by atoms with Crippen LogP contribution in [0, 0.1) is 12.7 Å². The summed E-state index contributed by atoms with van der Waals surface area (Å²) in [4.78, 5) is 12.4. The van der Waals surface area contributed by atoms with Crippen LogP contribution < -0.4 is 10.3 Å². The van der Waals surface area contributed by atoms with E-state index < -0.39 is 15.8 Å². The molecular formula is C17H18FN5O3S. The van der Waals surface area contributed by atoms with Crippen molar-refractivity contribution in [1.29, 1.82) is 0 Å². The molecule has 1 aliphatic rings. The normalized spacial score (nSPS) is 14.7. The first-order valence-corrected chi connectivity index (χ1v) is 10.1. The Morgan fingerprint density at radius 3 is 2.74 bits per heavy atom. The largest absolute Gasteiger partial charge is 0.308 e. The summed E-state index contributed by atoms with van der Waals surface area (Å²) in [6, 6.07) is 3.87. The minimum Gasteiger partial charge on any atom is -0.308 e. The molecule has 2 heterocycles. The molecular weight excluding hydrogens is 373 g/mol. The number of rotatable bonds is 6. The molecule has 0 radical (unpaired) electrons. The van der Waals surface area contributed by atoms with Crippen molar-refractivity contribution < 1.29 is 12.8 Å². The van der Waals surface area contributed by atoms with Gasteiger partial charge >= 0.3 is 0 Å². The Balaban J connectivity index is 1.49. The van der Waals surface area contributed by atoms with Gasteiger partial charge in [-0.25, -0.2) is 17.5 Å². The summed E-state index contributed by atoms with van der Waals surface area (Å²) >= 11 is 0. The molecule has 1 N–H and O–H groups in total. The van der Waals surface area contributed by atoms with Crippen molar-refractivity contribution in [2.45, 2.75) is 37.1 Å². The zero-order chi connectivity index (χ0) is 19.2. The fourth-order valence-corrected chi connectivity index (χ4v) is 4.04. The van der Waals surface area contributed by atoms with Gasteiger partial charge in [0.2, 0.25) is 15.7 Å². The average molecular weight is 391 g/mol. The second-order valence-electron chi connectivity index (χ2n) is 6.61. The molecule has 0 spiro atoms. The van der Waals surface area contributed by atoms with Crippen LogP contribution in [0.4, 0.5) is 4.39 Å². The molecule has 0 atom stereocenters. The summed E-state index contributed by atoms with van der Waals surface area (Å²) in [7, 11) is -3.76. The predicted octanol–water partition coefficient (Wildman–Crippen LogP) is 1.19. The minimum atomic E-state index is -3.76. The van der Waals surface area contributed by atoms with Gasteiger partial charge in [0.05, 0.1) is 4.90 Å². The lowest BCUT2D eigenvalue weighted by molar-refractivity contribution is 0.579. The maximum Gasteiger partial charge on any atom is 0.296 e. The van der Waals surface area contributed by atoms with Gasteiger partial charge in [-0.2, -0.15) is 0 Å². The molecule has 0 aliphatic heterocycles. The van der Waals surface area contributed by atoms with Crippen molar-refractivity contribution in [1.82, 2.24) is 23.9 Å². The molecule has 0 saturated heterocycles. The lowest BCUT2D eigenvalue weighted by Gasteiger charge is -2.08. The summed E-state index contributed by atoms with van der Waals surface area (Å²) < 4.78 is 43.7. The first-order valence-electron chi connectivity index (χ1n) is 8.57. The van der Waals surface area contributed by atoms with Gasteiger partial charge in [0.25, 0.3) is 5.56 Å². The smallest absolute Gasteiger partial charge is 0.296 e. The van der Waals surface area contributed by atoms with Gasteiger partial charge in [0, 0.05) is 31.4 Å². The highest BCUT2D eigenvalue weighted by Gasteiger charge is 2.25. The van der Waals surface area contributed by atoms with E-state index in [1.54, 1.807) is 21.4 Å². The van der Waals surface area contributed by atoms with Crippen molar-refractivity contribution in [3.63, 3.8) is 0 Å². The van der Waals surface area contributed by atoms with E-state index >= 15 is 0 Å². The second kappa shape index (κ2) is 6.54. The molecule has 1 saturated carbocycles. The highest BCUT2D eigenvalue weighted by Crippen LogP contribution is 2.33. The number of benzene rings is 1. The SMILES string of the molecule is Cc1cc(S(=O)(=O)NCCc2nnc3c(=O)n(C4CC4)ccn23)ccc1F. The Hall–Kier alpha value is -2.59. The molecule has 4 rings (SSSR count). The van der Waals surface area contributed by atoms with E-state index in [0.717, 1.165) is 18.9 Å². The van der Waals surface area contributed by atoms with Gasteiger partial charge in [-0.05, 0) is 43.5 Å². The lowest BCUT2D eigenvalue weighted by atomic mass is 10.2. The van der Waals surface area contributed by atoms with Crippen molar-refractivity contribution in [2.24, 2.45) is 0 Å². The number of nitrogens with one attached hydrogen (secondary N) is 1. The van der Waals surface area contributed by atoms with Crippen LogP contribution in [-0.4, -0.2) is 34.1 Å². The molecule has 3 aromatic rings. The average Bonchev–Trinajstić information content (AvgIpc) is 3.38. The molecule has 0 unspecified atom stereocenters. The first kappa shape index (κ1) is 17.8. The van der Waals surface area contributed by atoms with Gasteiger partial charge in [-0.15, -0.1) is 10.2 Å². The molecule has 2 aromatic heterocycles. The van der Waals surface area contributed by atoms with Gasteiger partial charge < -0.3 is 4.57 Å². The Labute approximate surface area is 154 Å². The molecule has 1 aliphatic carbocycles. The number of sulfonamides is 1. The summed E-state index contributed by atoms with van der Waals surface area (Å²) in [5.74, 6) is 0.0313. The van der Waals surface area contributed by atoms with Crippen LogP contribution in [0.3, 0.4) is 0 Å². The fourth-order valence-electron chi connectivity index (χ4n) is 2.92. The van der Waals surface area contributed by atoms with E-state index in [9.17, 15) is 17.6 Å². The van der Waals surface area contributed by atoms with E-state index in [4.69, 9.17) is 0 Å². The molecule has 142 valence electrons. The van der Waals surface area contributed by atoms with Gasteiger partial charge in [0.15, 0.2) is 0 Å². The number of hydrogen-bond donors (Lipinski definition) is 1. The van der Waals surface area contributed by atoms with Crippen molar-refractivity contribution in [3.05, 3.63) is 58.2 Å². The Morgan fingerprint density at radius 2 is 2.04 bits per heavy atom. The summed E-state index contributed by atoms with van der Waals surface area (Å²) in [6.07, 6.45) is 5.67. The summed E-state index contributed by atoms with van der Waals surface area (Å²) in [5, 5.41) is 7.95. The van der Waals surface area contributed by atoms with Crippen LogP contribution in [0.15, 0.2) is 40.3 Å². The lowest BCUT2D eigenvalue weighted by Crippen LogP contribution is -2.27. The summed E-state index contributed by atoms with van der Waals surface area (Å²) in [5.41, 5.74) is 0.297. The third-order valence-electron chi connectivity index (χ3n) is 4.59. The predicted molar refractivity (Wildman–Crippen MR) is 95.5 cm³/mol. The number of aryl methyl sites for hydroxylation is 1. The molecule has 10 heteroatoms. The zero-order valence-electron chi connectivity index (χ0n) is 14.6. The third-order valence-corrected chi connectivity index (χ3v) is 6.05. The molecule has 8 nitrogen and oxygen atoms in total. The number of aromatic nitrogens is 4. The van der Waals surface area contributed by atoms with Crippen molar-refractivity contribution in [3.8, 4) is 0 Å². The highest BCUT2D eigenvalue weighted by molar-refractivity contribution is 7.89. The number of halogens is 1. The van der Waals surface area contributed by atoms with Crippen LogP contribution >= 0.6 is 0 Å². The standard InChI is InChI=1S/C17H18FN5O3S/c1-11-10-13(4-5-14(11)18)27(25,26)19-7-6-15-20-21-16-17(24)22(12-2-3-12)8-9-23(15)16/h4-5,8-10,12,19H,2-3,6-7H2,1H3. The Bertz CT molecular complexity index is 1180. The van der Waals surface area contributed by atoms with Crippen LogP contribution in [0.2, 0.25) is 0 Å².